The fourth-order valence-corrected chi connectivity index (χ4v) is 5.05. The molecular formula is C24H31F3N4O. The first-order valence-electron chi connectivity index (χ1n) is 11.5. The van der Waals surface area contributed by atoms with Crippen molar-refractivity contribution >= 4 is 5.91 Å². The van der Waals surface area contributed by atoms with Crippen LogP contribution in [-0.4, -0.2) is 57.7 Å². The Balaban J connectivity index is 1.61. The molecule has 0 bridgehead atoms. The van der Waals surface area contributed by atoms with E-state index in [4.69, 9.17) is 0 Å². The Kier molecular flexibility index (Phi) is 6.34. The number of aryl methyl sites for hydroxylation is 1. The molecule has 0 radical (unpaired) electrons. The first-order valence-corrected chi connectivity index (χ1v) is 11.5. The predicted molar refractivity (Wildman–Crippen MR) is 117 cm³/mol. The molecule has 5 nitrogen and oxygen atoms in total. The number of piperidine rings is 1. The summed E-state index contributed by atoms with van der Waals surface area (Å²) >= 11 is 0. The molecule has 0 saturated carbocycles. The average Bonchev–Trinajstić information content (AvgIpc) is 3.41. The molecule has 2 fully saturated rings. The molecule has 32 heavy (non-hydrogen) atoms. The second kappa shape index (κ2) is 8.89. The van der Waals surface area contributed by atoms with Gasteiger partial charge in [-0.05, 0) is 69.8 Å². The number of carbonyl (C=O) groups is 1. The number of rotatable bonds is 4. The van der Waals surface area contributed by atoms with Crippen molar-refractivity contribution in [3.63, 3.8) is 0 Å². The maximum atomic E-state index is 13.5. The molecule has 1 aromatic carbocycles. The number of halogens is 3. The van der Waals surface area contributed by atoms with E-state index in [1.54, 1.807) is 13.0 Å². The number of amides is 1. The molecular weight excluding hydrogens is 417 g/mol. The van der Waals surface area contributed by atoms with Crippen LogP contribution >= 0.6 is 0 Å². The van der Waals surface area contributed by atoms with Crippen LogP contribution < -0.4 is 0 Å². The average molecular weight is 449 g/mol. The molecule has 0 unspecified atom stereocenters. The molecule has 0 spiro atoms. The standard InChI is InChI=1S/C24H31F3N4O/c1-16(2)22-21(23(32)30-13-9-19(10-14-30)29-11-4-5-12-29)17(3)28-31(22)20-8-6-7-18(15-20)24(25,26)27/h6-8,15-16,19H,4-5,9-14H2,1-3H3. The van der Waals surface area contributed by atoms with Crippen LogP contribution in [0.25, 0.3) is 5.69 Å². The number of nitrogens with zero attached hydrogens (tertiary/aromatic N) is 4. The SMILES string of the molecule is Cc1nn(-c2cccc(C(F)(F)F)c2)c(C(C)C)c1C(=O)N1CCC(N2CCCC2)CC1. The third-order valence-corrected chi connectivity index (χ3v) is 6.68. The zero-order chi connectivity index (χ0) is 23.0. The van der Waals surface area contributed by atoms with E-state index in [-0.39, 0.29) is 11.8 Å². The minimum atomic E-state index is -4.44. The van der Waals surface area contributed by atoms with Crippen LogP contribution in [0.4, 0.5) is 13.2 Å². The van der Waals surface area contributed by atoms with Crippen LogP contribution in [0.2, 0.25) is 0 Å². The first kappa shape index (κ1) is 22.8. The van der Waals surface area contributed by atoms with E-state index in [9.17, 15) is 18.0 Å². The van der Waals surface area contributed by atoms with E-state index in [1.165, 1.54) is 23.6 Å². The van der Waals surface area contributed by atoms with Crippen LogP contribution in [0.1, 0.15) is 72.8 Å². The Bertz CT molecular complexity index is 968. The Labute approximate surface area is 187 Å². The van der Waals surface area contributed by atoms with Gasteiger partial charge in [-0.1, -0.05) is 19.9 Å². The van der Waals surface area contributed by atoms with E-state index < -0.39 is 11.7 Å². The highest BCUT2D eigenvalue weighted by Gasteiger charge is 2.34. The van der Waals surface area contributed by atoms with Crippen molar-refractivity contribution in [2.45, 2.75) is 64.6 Å². The van der Waals surface area contributed by atoms with E-state index >= 15 is 0 Å². The highest BCUT2D eigenvalue weighted by molar-refractivity contribution is 5.97. The lowest BCUT2D eigenvalue weighted by Gasteiger charge is -2.36. The predicted octanol–water partition coefficient (Wildman–Crippen LogP) is 5.02. The molecule has 0 N–H and O–H groups in total. The molecule has 1 aromatic heterocycles. The second-order valence-corrected chi connectivity index (χ2v) is 9.23. The summed E-state index contributed by atoms with van der Waals surface area (Å²) < 4.78 is 41.3. The monoisotopic (exact) mass is 448 g/mol. The summed E-state index contributed by atoms with van der Waals surface area (Å²) in [4.78, 5) is 18.0. The molecule has 3 heterocycles. The Morgan fingerprint density at radius 2 is 1.75 bits per heavy atom. The lowest BCUT2D eigenvalue weighted by Crippen LogP contribution is -2.46. The van der Waals surface area contributed by atoms with E-state index in [1.807, 2.05) is 18.7 Å². The van der Waals surface area contributed by atoms with Crippen LogP contribution in [0.15, 0.2) is 24.3 Å². The smallest absolute Gasteiger partial charge is 0.338 e. The number of hydrogen-bond acceptors (Lipinski definition) is 3. The van der Waals surface area contributed by atoms with Crippen LogP contribution in [0, 0.1) is 6.92 Å². The molecule has 174 valence electrons. The van der Waals surface area contributed by atoms with Crippen LogP contribution in [-0.2, 0) is 6.18 Å². The van der Waals surface area contributed by atoms with Crippen molar-refractivity contribution in [2.24, 2.45) is 0 Å². The molecule has 2 aromatic rings. The third-order valence-electron chi connectivity index (χ3n) is 6.68. The van der Waals surface area contributed by atoms with Crippen molar-refractivity contribution in [3.8, 4) is 5.69 Å². The highest BCUT2D eigenvalue weighted by Crippen LogP contribution is 2.33. The van der Waals surface area contributed by atoms with Crippen molar-refractivity contribution in [1.29, 1.82) is 0 Å². The minimum absolute atomic E-state index is 0.0655. The summed E-state index contributed by atoms with van der Waals surface area (Å²) in [5.41, 5.74) is 1.33. The van der Waals surface area contributed by atoms with Gasteiger partial charge in [0.05, 0.1) is 28.2 Å². The molecule has 8 heteroatoms. The van der Waals surface area contributed by atoms with Crippen molar-refractivity contribution < 1.29 is 18.0 Å². The lowest BCUT2D eigenvalue weighted by atomic mass is 9.99. The fourth-order valence-electron chi connectivity index (χ4n) is 5.05. The van der Waals surface area contributed by atoms with E-state index in [0.29, 0.717) is 41.8 Å². The molecule has 4 rings (SSSR count). The summed E-state index contributed by atoms with van der Waals surface area (Å²) in [7, 11) is 0. The van der Waals surface area contributed by atoms with Crippen molar-refractivity contribution in [2.75, 3.05) is 26.2 Å². The summed E-state index contributed by atoms with van der Waals surface area (Å²) in [6.45, 7) is 9.35. The summed E-state index contributed by atoms with van der Waals surface area (Å²) in [6.07, 6.45) is -0.00269. The lowest BCUT2D eigenvalue weighted by molar-refractivity contribution is -0.137. The topological polar surface area (TPSA) is 41.4 Å². The number of alkyl halides is 3. The van der Waals surface area contributed by atoms with Crippen molar-refractivity contribution in [3.05, 3.63) is 46.8 Å². The molecule has 2 saturated heterocycles. The molecule has 1 amide bonds. The number of hydrogen-bond donors (Lipinski definition) is 0. The van der Waals surface area contributed by atoms with Gasteiger partial charge in [0.15, 0.2) is 0 Å². The minimum Gasteiger partial charge on any atom is -0.338 e. The molecule has 0 atom stereocenters. The fraction of sp³-hybridized carbons (Fsp3) is 0.583. The Hall–Kier alpha value is -2.35. The summed E-state index contributed by atoms with van der Waals surface area (Å²) in [5, 5.41) is 4.51. The van der Waals surface area contributed by atoms with Gasteiger partial charge in [0.2, 0.25) is 0 Å². The summed E-state index contributed by atoms with van der Waals surface area (Å²) in [6, 6.07) is 5.66. The number of aromatic nitrogens is 2. The van der Waals surface area contributed by atoms with Gasteiger partial charge in [0, 0.05) is 19.1 Å². The molecule has 0 aliphatic carbocycles. The van der Waals surface area contributed by atoms with Crippen LogP contribution in [0.5, 0.6) is 0 Å². The third kappa shape index (κ3) is 4.42. The maximum absolute atomic E-state index is 13.5. The van der Waals surface area contributed by atoms with Gasteiger partial charge >= 0.3 is 6.18 Å². The normalized spacial score (nSPS) is 18.7. The van der Waals surface area contributed by atoms with Gasteiger partial charge in [0.1, 0.15) is 0 Å². The van der Waals surface area contributed by atoms with Crippen LogP contribution in [0.3, 0.4) is 0 Å². The van der Waals surface area contributed by atoms with Gasteiger partial charge in [-0.2, -0.15) is 18.3 Å². The maximum Gasteiger partial charge on any atom is 0.416 e. The number of carbonyl (C=O) groups excluding carboxylic acids is 1. The Morgan fingerprint density at radius 1 is 1.09 bits per heavy atom. The largest absolute Gasteiger partial charge is 0.416 e. The van der Waals surface area contributed by atoms with Gasteiger partial charge in [-0.25, -0.2) is 4.68 Å². The van der Waals surface area contributed by atoms with E-state index in [2.05, 4.69) is 10.00 Å². The zero-order valence-corrected chi connectivity index (χ0v) is 19.0. The van der Waals surface area contributed by atoms with Gasteiger partial charge in [-0.15, -0.1) is 0 Å². The van der Waals surface area contributed by atoms with Gasteiger partial charge in [0.25, 0.3) is 5.91 Å². The zero-order valence-electron chi connectivity index (χ0n) is 19.0. The number of benzene rings is 1. The number of likely N-dealkylation sites (tertiary alicyclic amines) is 2. The summed E-state index contributed by atoms with van der Waals surface area (Å²) in [5.74, 6) is -0.142. The Morgan fingerprint density at radius 3 is 2.34 bits per heavy atom. The molecule has 2 aliphatic rings. The van der Waals surface area contributed by atoms with Crippen molar-refractivity contribution in [1.82, 2.24) is 19.6 Å². The van der Waals surface area contributed by atoms with Gasteiger partial charge < -0.3 is 9.80 Å². The quantitative estimate of drug-likeness (QED) is 0.659. The first-order chi connectivity index (χ1) is 15.2. The van der Waals surface area contributed by atoms with Gasteiger partial charge in [-0.3, -0.25) is 4.79 Å². The second-order valence-electron chi connectivity index (χ2n) is 9.23. The van der Waals surface area contributed by atoms with E-state index in [0.717, 1.165) is 38.1 Å². The highest BCUT2D eigenvalue weighted by atomic mass is 19.4. The molecule has 2 aliphatic heterocycles.